The highest BCUT2D eigenvalue weighted by Crippen LogP contribution is 2.34. The van der Waals surface area contributed by atoms with E-state index in [1.165, 1.54) is 32.1 Å². The van der Waals surface area contributed by atoms with Crippen LogP contribution in [0.1, 0.15) is 58.8 Å². The summed E-state index contributed by atoms with van der Waals surface area (Å²) in [6, 6.07) is 0. The molecule has 0 aromatic heterocycles. The van der Waals surface area contributed by atoms with E-state index in [-0.39, 0.29) is 11.5 Å². The fourth-order valence-electron chi connectivity index (χ4n) is 3.00. The first kappa shape index (κ1) is 12.9. The van der Waals surface area contributed by atoms with Gasteiger partial charge in [0.25, 0.3) is 0 Å². The molecule has 1 amide bonds. The lowest BCUT2D eigenvalue weighted by atomic mass is 9.79. The molecule has 2 rings (SSSR count). The summed E-state index contributed by atoms with van der Waals surface area (Å²) < 4.78 is 6.03. The van der Waals surface area contributed by atoms with E-state index in [9.17, 15) is 4.79 Å². The van der Waals surface area contributed by atoms with Crippen LogP contribution in [0.15, 0.2) is 0 Å². The highest BCUT2D eigenvalue weighted by Gasteiger charge is 2.32. The number of carbonyl (C=O) groups is 1. The van der Waals surface area contributed by atoms with Crippen molar-refractivity contribution < 1.29 is 9.53 Å². The summed E-state index contributed by atoms with van der Waals surface area (Å²) in [5.74, 6) is 0.915. The Morgan fingerprint density at radius 1 is 1.24 bits per heavy atom. The van der Waals surface area contributed by atoms with Gasteiger partial charge in [0, 0.05) is 13.0 Å². The first-order valence-electron chi connectivity index (χ1n) is 7.01. The summed E-state index contributed by atoms with van der Waals surface area (Å²) in [5.41, 5.74) is -0.0801. The molecule has 0 spiro atoms. The standard InChI is InChI=1S/C14H25NO2/c1-14(2,12-7-4-3-5-8-12)17-11-15-10-6-9-13(15)16/h12H,3-11H2,1-2H3. The molecule has 3 nitrogen and oxygen atoms in total. The molecule has 2 fully saturated rings. The van der Waals surface area contributed by atoms with Gasteiger partial charge in [-0.05, 0) is 39.0 Å². The minimum absolute atomic E-state index is 0.0801. The van der Waals surface area contributed by atoms with Crippen LogP contribution in [-0.4, -0.2) is 29.7 Å². The third-order valence-electron chi connectivity index (χ3n) is 4.35. The molecule has 0 radical (unpaired) electrons. The average Bonchev–Trinajstić information content (AvgIpc) is 2.74. The molecule has 0 unspecified atom stereocenters. The average molecular weight is 239 g/mol. The van der Waals surface area contributed by atoms with Crippen molar-refractivity contribution in [2.75, 3.05) is 13.3 Å². The predicted octanol–water partition coefficient (Wildman–Crippen LogP) is 2.94. The van der Waals surface area contributed by atoms with Crippen molar-refractivity contribution in [1.82, 2.24) is 4.90 Å². The predicted molar refractivity (Wildman–Crippen MR) is 67.6 cm³/mol. The van der Waals surface area contributed by atoms with Crippen LogP contribution in [-0.2, 0) is 9.53 Å². The van der Waals surface area contributed by atoms with Gasteiger partial charge in [-0.25, -0.2) is 0 Å². The molecular weight excluding hydrogens is 214 g/mol. The highest BCUT2D eigenvalue weighted by atomic mass is 16.5. The van der Waals surface area contributed by atoms with Crippen molar-refractivity contribution in [1.29, 1.82) is 0 Å². The normalized spacial score (nSPS) is 23.4. The summed E-state index contributed by atoms with van der Waals surface area (Å²) in [5, 5.41) is 0. The zero-order valence-electron chi connectivity index (χ0n) is 11.2. The van der Waals surface area contributed by atoms with E-state index in [0.29, 0.717) is 19.1 Å². The lowest BCUT2D eigenvalue weighted by Gasteiger charge is -2.38. The van der Waals surface area contributed by atoms with Gasteiger partial charge >= 0.3 is 0 Å². The number of nitrogens with zero attached hydrogens (tertiary/aromatic N) is 1. The number of likely N-dealkylation sites (tertiary alicyclic amines) is 1. The quantitative estimate of drug-likeness (QED) is 0.755. The van der Waals surface area contributed by atoms with Gasteiger partial charge in [0.15, 0.2) is 0 Å². The van der Waals surface area contributed by atoms with Gasteiger partial charge in [-0.3, -0.25) is 4.79 Å². The Balaban J connectivity index is 1.81. The maximum Gasteiger partial charge on any atom is 0.224 e. The molecule has 0 bridgehead atoms. The van der Waals surface area contributed by atoms with Gasteiger partial charge < -0.3 is 9.64 Å². The van der Waals surface area contributed by atoms with Crippen LogP contribution < -0.4 is 0 Å². The highest BCUT2D eigenvalue weighted by molar-refractivity contribution is 5.77. The molecule has 1 aliphatic heterocycles. The minimum Gasteiger partial charge on any atom is -0.355 e. The molecule has 3 heteroatoms. The van der Waals surface area contributed by atoms with Crippen molar-refractivity contribution in [3.05, 3.63) is 0 Å². The van der Waals surface area contributed by atoms with Crippen molar-refractivity contribution in [3.63, 3.8) is 0 Å². The zero-order chi connectivity index (χ0) is 12.3. The number of carbonyl (C=O) groups excluding carboxylic acids is 1. The second kappa shape index (κ2) is 5.38. The van der Waals surface area contributed by atoms with E-state index in [2.05, 4.69) is 13.8 Å². The van der Waals surface area contributed by atoms with E-state index in [1.807, 2.05) is 4.90 Å². The fraction of sp³-hybridized carbons (Fsp3) is 0.929. The smallest absolute Gasteiger partial charge is 0.224 e. The van der Waals surface area contributed by atoms with Crippen molar-refractivity contribution in [2.45, 2.75) is 64.4 Å². The molecule has 0 aromatic rings. The summed E-state index contributed by atoms with van der Waals surface area (Å²) >= 11 is 0. The van der Waals surface area contributed by atoms with Crippen molar-refractivity contribution >= 4 is 5.91 Å². The first-order chi connectivity index (χ1) is 8.09. The minimum atomic E-state index is -0.0801. The molecule has 1 heterocycles. The maximum absolute atomic E-state index is 11.5. The molecule has 1 saturated carbocycles. The van der Waals surface area contributed by atoms with Gasteiger partial charge in [0.1, 0.15) is 6.73 Å². The Kier molecular flexibility index (Phi) is 4.08. The van der Waals surface area contributed by atoms with Gasteiger partial charge in [0.05, 0.1) is 5.60 Å². The molecule has 17 heavy (non-hydrogen) atoms. The molecule has 0 aromatic carbocycles. The van der Waals surface area contributed by atoms with Gasteiger partial charge in [-0.1, -0.05) is 19.3 Å². The number of hydrogen-bond donors (Lipinski definition) is 0. The van der Waals surface area contributed by atoms with Crippen LogP contribution in [0.2, 0.25) is 0 Å². The van der Waals surface area contributed by atoms with E-state index in [0.717, 1.165) is 13.0 Å². The lowest BCUT2D eigenvalue weighted by molar-refractivity contribution is -0.144. The summed E-state index contributed by atoms with van der Waals surface area (Å²) in [6.45, 7) is 5.73. The maximum atomic E-state index is 11.5. The van der Waals surface area contributed by atoms with Gasteiger partial charge in [-0.15, -0.1) is 0 Å². The Hall–Kier alpha value is -0.570. The summed E-state index contributed by atoms with van der Waals surface area (Å²) in [7, 11) is 0. The van der Waals surface area contributed by atoms with Gasteiger partial charge in [0.2, 0.25) is 5.91 Å². The van der Waals surface area contributed by atoms with Gasteiger partial charge in [-0.2, -0.15) is 0 Å². The number of hydrogen-bond acceptors (Lipinski definition) is 2. The van der Waals surface area contributed by atoms with Crippen molar-refractivity contribution in [2.24, 2.45) is 5.92 Å². The first-order valence-corrected chi connectivity index (χ1v) is 7.01. The molecule has 2 aliphatic rings. The number of rotatable bonds is 4. The second-order valence-electron chi connectivity index (χ2n) is 5.97. The third kappa shape index (κ3) is 3.21. The second-order valence-corrected chi connectivity index (χ2v) is 5.97. The van der Waals surface area contributed by atoms with E-state index < -0.39 is 0 Å². The van der Waals surface area contributed by atoms with Crippen LogP contribution in [0.3, 0.4) is 0 Å². The number of ether oxygens (including phenoxy) is 1. The van der Waals surface area contributed by atoms with Crippen LogP contribution in [0, 0.1) is 5.92 Å². The van der Waals surface area contributed by atoms with E-state index in [4.69, 9.17) is 4.74 Å². The molecule has 0 atom stereocenters. The van der Waals surface area contributed by atoms with E-state index in [1.54, 1.807) is 0 Å². The third-order valence-corrected chi connectivity index (χ3v) is 4.35. The zero-order valence-corrected chi connectivity index (χ0v) is 11.2. The Bertz CT molecular complexity index is 269. The lowest BCUT2D eigenvalue weighted by Crippen LogP contribution is -2.40. The Morgan fingerprint density at radius 2 is 1.94 bits per heavy atom. The largest absolute Gasteiger partial charge is 0.355 e. The van der Waals surface area contributed by atoms with Crippen LogP contribution >= 0.6 is 0 Å². The van der Waals surface area contributed by atoms with Crippen LogP contribution in [0.4, 0.5) is 0 Å². The summed E-state index contributed by atoms with van der Waals surface area (Å²) in [4.78, 5) is 13.4. The molecule has 0 N–H and O–H groups in total. The van der Waals surface area contributed by atoms with Crippen LogP contribution in [0.5, 0.6) is 0 Å². The number of amides is 1. The fourth-order valence-corrected chi connectivity index (χ4v) is 3.00. The summed E-state index contributed by atoms with van der Waals surface area (Å²) in [6.07, 6.45) is 8.29. The van der Waals surface area contributed by atoms with Crippen molar-refractivity contribution in [3.8, 4) is 0 Å². The molecule has 1 saturated heterocycles. The molecule has 1 aliphatic carbocycles. The SMILES string of the molecule is CC(C)(OCN1CCCC1=O)C1CCCCC1. The van der Waals surface area contributed by atoms with E-state index >= 15 is 0 Å². The molecular formula is C14H25NO2. The van der Waals surface area contributed by atoms with Crippen LogP contribution in [0.25, 0.3) is 0 Å². The Labute approximate surface area is 105 Å². The molecule has 98 valence electrons. The monoisotopic (exact) mass is 239 g/mol. The Morgan fingerprint density at radius 3 is 2.53 bits per heavy atom. The topological polar surface area (TPSA) is 29.5 Å².